The van der Waals surface area contributed by atoms with E-state index in [0.717, 1.165) is 0 Å². The Balaban J connectivity index is 1.94. The summed E-state index contributed by atoms with van der Waals surface area (Å²) in [6.07, 6.45) is 0.535. The second kappa shape index (κ2) is 7.52. The lowest BCUT2D eigenvalue weighted by Crippen LogP contribution is -2.51. The Morgan fingerprint density at radius 1 is 1.17 bits per heavy atom. The minimum atomic E-state index is -3.34. The lowest BCUT2D eigenvalue weighted by Gasteiger charge is -2.31. The van der Waals surface area contributed by atoms with Gasteiger partial charge in [0.1, 0.15) is 6.54 Å². The number of piperazine rings is 1. The van der Waals surface area contributed by atoms with E-state index in [1.165, 1.54) is 4.90 Å². The fourth-order valence-electron chi connectivity index (χ4n) is 2.26. The summed E-state index contributed by atoms with van der Waals surface area (Å²) in [6.45, 7) is 2.82. The van der Waals surface area contributed by atoms with E-state index in [1.54, 1.807) is 43.1 Å². The Labute approximate surface area is 141 Å². The molecule has 1 aromatic carbocycles. The smallest absolute Gasteiger partial charge is 0.322 e. The topological polar surface area (TPSA) is 98.8 Å². The molecule has 0 spiro atoms. The summed E-state index contributed by atoms with van der Waals surface area (Å²) in [5.74, 6) is -0.0415. The Kier molecular flexibility index (Phi) is 5.66. The highest BCUT2D eigenvalue weighted by molar-refractivity contribution is 7.92. The summed E-state index contributed by atoms with van der Waals surface area (Å²) in [5, 5.41) is 2.70. The van der Waals surface area contributed by atoms with Crippen molar-refractivity contribution in [3.05, 3.63) is 24.3 Å². The Hall–Kier alpha value is -2.29. The molecule has 0 atom stereocenters. The standard InChI is InChI=1S/C15H22N4O4S/c1-3-10-24(22,23)17-13-6-4-12(5-7-13)16-15(21)19-9-8-18(2)14(20)11-19/h4-7,17H,3,8-11H2,1-2H3,(H,16,21). The predicted octanol–water partition coefficient (Wildman–Crippen LogP) is 1.14. The van der Waals surface area contributed by atoms with Crippen molar-refractivity contribution in [2.75, 3.05) is 42.5 Å². The van der Waals surface area contributed by atoms with Gasteiger partial charge in [-0.15, -0.1) is 0 Å². The number of carbonyl (C=O) groups excluding carboxylic acids is 2. The average molecular weight is 354 g/mol. The van der Waals surface area contributed by atoms with Gasteiger partial charge in [0.25, 0.3) is 0 Å². The summed E-state index contributed by atoms with van der Waals surface area (Å²) in [7, 11) is -1.63. The van der Waals surface area contributed by atoms with Gasteiger partial charge in [0.2, 0.25) is 15.9 Å². The third kappa shape index (κ3) is 4.85. The number of sulfonamides is 1. The molecule has 0 aliphatic carbocycles. The minimum Gasteiger partial charge on any atom is -0.342 e. The number of benzene rings is 1. The van der Waals surface area contributed by atoms with Crippen LogP contribution < -0.4 is 10.0 Å². The van der Waals surface area contributed by atoms with Gasteiger partial charge in [0.15, 0.2) is 0 Å². The van der Waals surface area contributed by atoms with E-state index in [-0.39, 0.29) is 24.2 Å². The van der Waals surface area contributed by atoms with Crippen molar-refractivity contribution >= 4 is 33.3 Å². The zero-order chi connectivity index (χ0) is 17.7. The van der Waals surface area contributed by atoms with Crippen molar-refractivity contribution in [1.82, 2.24) is 9.80 Å². The van der Waals surface area contributed by atoms with Crippen LogP contribution in [0.4, 0.5) is 16.2 Å². The SMILES string of the molecule is CCCS(=O)(=O)Nc1ccc(NC(=O)N2CCN(C)C(=O)C2)cc1. The molecule has 1 heterocycles. The Morgan fingerprint density at radius 3 is 2.38 bits per heavy atom. The highest BCUT2D eigenvalue weighted by Crippen LogP contribution is 2.16. The normalized spacial score (nSPS) is 15.3. The first-order valence-electron chi connectivity index (χ1n) is 7.71. The quantitative estimate of drug-likeness (QED) is 0.828. The molecule has 8 nitrogen and oxygen atoms in total. The van der Waals surface area contributed by atoms with Gasteiger partial charge in [0, 0.05) is 31.5 Å². The summed E-state index contributed by atoms with van der Waals surface area (Å²) in [4.78, 5) is 26.8. The van der Waals surface area contributed by atoms with Crippen LogP contribution in [0.2, 0.25) is 0 Å². The number of urea groups is 1. The molecule has 3 amide bonds. The molecule has 0 saturated carbocycles. The van der Waals surface area contributed by atoms with Crippen LogP contribution in [0, 0.1) is 0 Å². The molecule has 1 aliphatic heterocycles. The van der Waals surface area contributed by atoms with Gasteiger partial charge in [-0.3, -0.25) is 9.52 Å². The van der Waals surface area contributed by atoms with Crippen LogP contribution in [-0.4, -0.2) is 62.6 Å². The van der Waals surface area contributed by atoms with Gasteiger partial charge in [-0.25, -0.2) is 13.2 Å². The monoisotopic (exact) mass is 354 g/mol. The molecular formula is C15H22N4O4S. The van der Waals surface area contributed by atoms with Crippen LogP contribution in [-0.2, 0) is 14.8 Å². The van der Waals surface area contributed by atoms with Crippen molar-refractivity contribution in [2.45, 2.75) is 13.3 Å². The lowest BCUT2D eigenvalue weighted by molar-refractivity contribution is -0.133. The largest absolute Gasteiger partial charge is 0.342 e. The maximum Gasteiger partial charge on any atom is 0.322 e. The van der Waals surface area contributed by atoms with Gasteiger partial charge in [-0.1, -0.05) is 6.92 Å². The van der Waals surface area contributed by atoms with E-state index < -0.39 is 10.0 Å². The fraction of sp³-hybridized carbons (Fsp3) is 0.467. The number of nitrogens with one attached hydrogen (secondary N) is 2. The summed E-state index contributed by atoms with van der Waals surface area (Å²) < 4.78 is 25.9. The molecule has 2 rings (SSSR count). The van der Waals surface area contributed by atoms with Crippen LogP contribution >= 0.6 is 0 Å². The number of rotatable bonds is 5. The number of hydrogen-bond acceptors (Lipinski definition) is 4. The summed E-state index contributed by atoms with van der Waals surface area (Å²) >= 11 is 0. The van der Waals surface area contributed by atoms with Gasteiger partial charge in [0.05, 0.1) is 5.75 Å². The van der Waals surface area contributed by atoms with Crippen LogP contribution in [0.5, 0.6) is 0 Å². The van der Waals surface area contributed by atoms with Gasteiger partial charge < -0.3 is 15.1 Å². The van der Waals surface area contributed by atoms with E-state index in [4.69, 9.17) is 0 Å². The zero-order valence-electron chi connectivity index (χ0n) is 13.8. The molecule has 1 aliphatic rings. The first-order chi connectivity index (χ1) is 11.3. The summed E-state index contributed by atoms with van der Waals surface area (Å²) in [6, 6.07) is 6.03. The number of hydrogen-bond donors (Lipinski definition) is 2. The third-order valence-corrected chi connectivity index (χ3v) is 5.12. The first-order valence-corrected chi connectivity index (χ1v) is 9.36. The van der Waals surface area contributed by atoms with E-state index in [9.17, 15) is 18.0 Å². The highest BCUT2D eigenvalue weighted by Gasteiger charge is 2.24. The van der Waals surface area contributed by atoms with Crippen molar-refractivity contribution in [3.8, 4) is 0 Å². The van der Waals surface area contributed by atoms with Crippen LogP contribution in [0.1, 0.15) is 13.3 Å². The zero-order valence-corrected chi connectivity index (χ0v) is 14.6. The molecule has 0 unspecified atom stereocenters. The van der Waals surface area contributed by atoms with Crippen molar-refractivity contribution in [3.63, 3.8) is 0 Å². The second-order valence-electron chi connectivity index (χ2n) is 5.67. The molecule has 24 heavy (non-hydrogen) atoms. The van der Waals surface area contributed by atoms with E-state index in [0.29, 0.717) is 30.9 Å². The lowest BCUT2D eigenvalue weighted by atomic mass is 10.3. The average Bonchev–Trinajstić information content (AvgIpc) is 2.51. The molecule has 9 heteroatoms. The molecule has 1 fully saturated rings. The van der Waals surface area contributed by atoms with Crippen molar-refractivity contribution < 1.29 is 18.0 Å². The van der Waals surface area contributed by atoms with Gasteiger partial charge >= 0.3 is 6.03 Å². The van der Waals surface area contributed by atoms with E-state index in [2.05, 4.69) is 10.0 Å². The van der Waals surface area contributed by atoms with Gasteiger partial charge in [-0.05, 0) is 30.7 Å². The number of amides is 3. The van der Waals surface area contributed by atoms with E-state index >= 15 is 0 Å². The highest BCUT2D eigenvalue weighted by atomic mass is 32.2. The number of nitrogens with zero attached hydrogens (tertiary/aromatic N) is 2. The van der Waals surface area contributed by atoms with Crippen LogP contribution in [0.3, 0.4) is 0 Å². The van der Waals surface area contributed by atoms with Crippen molar-refractivity contribution in [1.29, 1.82) is 0 Å². The molecule has 0 aromatic heterocycles. The molecule has 0 radical (unpaired) electrons. The molecule has 2 N–H and O–H groups in total. The second-order valence-corrected chi connectivity index (χ2v) is 7.51. The van der Waals surface area contributed by atoms with E-state index in [1.807, 2.05) is 0 Å². The minimum absolute atomic E-state index is 0.0528. The summed E-state index contributed by atoms with van der Waals surface area (Å²) in [5.41, 5.74) is 0.973. The number of likely N-dealkylation sites (N-methyl/N-ethyl adjacent to an activating group) is 1. The van der Waals surface area contributed by atoms with Crippen molar-refractivity contribution in [2.24, 2.45) is 0 Å². The molecule has 1 aromatic rings. The Bertz CT molecular complexity index is 703. The molecule has 0 bridgehead atoms. The molecular weight excluding hydrogens is 332 g/mol. The maximum absolute atomic E-state index is 12.2. The third-order valence-electron chi connectivity index (χ3n) is 3.63. The number of carbonyl (C=O) groups is 2. The van der Waals surface area contributed by atoms with Crippen LogP contribution in [0.15, 0.2) is 24.3 Å². The first kappa shape index (κ1) is 18.1. The maximum atomic E-state index is 12.2. The van der Waals surface area contributed by atoms with Crippen LogP contribution in [0.25, 0.3) is 0 Å². The van der Waals surface area contributed by atoms with Gasteiger partial charge in [-0.2, -0.15) is 0 Å². The molecule has 1 saturated heterocycles. The predicted molar refractivity (Wildman–Crippen MR) is 92.4 cm³/mol. The fourth-order valence-corrected chi connectivity index (χ4v) is 3.39. The Morgan fingerprint density at radius 2 is 1.79 bits per heavy atom. The number of anilines is 2. The molecule has 132 valence electrons.